The Hall–Kier alpha value is -1.66. The van der Waals surface area contributed by atoms with Gasteiger partial charge in [-0.15, -0.1) is 0 Å². The molecule has 0 bridgehead atoms. The fourth-order valence-corrected chi connectivity index (χ4v) is 3.51. The molecule has 2 aliphatic rings. The van der Waals surface area contributed by atoms with Crippen molar-refractivity contribution in [2.24, 2.45) is 0 Å². The van der Waals surface area contributed by atoms with Crippen LogP contribution in [0.25, 0.3) is 0 Å². The molecule has 126 valence electrons. The predicted molar refractivity (Wildman–Crippen MR) is 85.5 cm³/mol. The summed E-state index contributed by atoms with van der Waals surface area (Å²) >= 11 is 0. The quantitative estimate of drug-likeness (QED) is 0.900. The molecule has 2 aliphatic heterocycles. The maximum absolute atomic E-state index is 12.5. The van der Waals surface area contributed by atoms with Crippen LogP contribution in [0, 0.1) is 6.92 Å². The molecular formula is C17H24N2O4. The molecule has 0 aliphatic carbocycles. The van der Waals surface area contributed by atoms with Crippen LogP contribution in [0.2, 0.25) is 0 Å². The second-order valence-electron chi connectivity index (χ2n) is 6.77. The Balaban J connectivity index is 1.61. The number of aryl methyl sites for hydroxylation is 1. The lowest BCUT2D eigenvalue weighted by molar-refractivity contribution is -0.0372. The zero-order chi connectivity index (χ0) is 16.4. The van der Waals surface area contributed by atoms with Gasteiger partial charge < -0.3 is 19.3 Å². The van der Waals surface area contributed by atoms with E-state index in [0.717, 1.165) is 13.1 Å². The number of β-amino-alcohol motifs (C(OH)–C–C–N with tert-alkyl or cyclic N) is 1. The Bertz CT molecular complexity index is 626. The van der Waals surface area contributed by atoms with E-state index in [4.69, 9.17) is 4.42 Å². The van der Waals surface area contributed by atoms with Gasteiger partial charge in [0, 0.05) is 31.8 Å². The summed E-state index contributed by atoms with van der Waals surface area (Å²) in [6.07, 6.45) is 3.52. The molecule has 2 fully saturated rings. The third-order valence-corrected chi connectivity index (χ3v) is 4.80. The van der Waals surface area contributed by atoms with Gasteiger partial charge in [0.05, 0.1) is 5.60 Å². The molecule has 3 rings (SSSR count). The SMILES string of the molecule is Cc1cc(=O)cc(C(=O)N2CCC(O)(CN3CCCC3)CC2)o1. The van der Waals surface area contributed by atoms with Crippen molar-refractivity contribution in [1.29, 1.82) is 0 Å². The molecule has 2 saturated heterocycles. The molecule has 3 heterocycles. The highest BCUT2D eigenvalue weighted by molar-refractivity contribution is 5.91. The summed E-state index contributed by atoms with van der Waals surface area (Å²) in [5.41, 5.74) is -0.936. The Morgan fingerprint density at radius 3 is 2.48 bits per heavy atom. The number of carbonyl (C=O) groups is 1. The highest BCUT2D eigenvalue weighted by atomic mass is 16.3. The van der Waals surface area contributed by atoms with Gasteiger partial charge in [0.1, 0.15) is 5.76 Å². The Morgan fingerprint density at radius 2 is 1.87 bits per heavy atom. The molecule has 1 N–H and O–H groups in total. The monoisotopic (exact) mass is 320 g/mol. The minimum Gasteiger partial charge on any atom is -0.456 e. The van der Waals surface area contributed by atoms with E-state index in [1.54, 1.807) is 11.8 Å². The lowest BCUT2D eigenvalue weighted by Crippen LogP contribution is -2.51. The van der Waals surface area contributed by atoms with Gasteiger partial charge in [0.15, 0.2) is 11.2 Å². The zero-order valence-corrected chi connectivity index (χ0v) is 13.6. The lowest BCUT2D eigenvalue weighted by Gasteiger charge is -2.40. The van der Waals surface area contributed by atoms with Crippen molar-refractivity contribution in [1.82, 2.24) is 9.80 Å². The number of amides is 1. The first kappa shape index (κ1) is 16.2. The maximum atomic E-state index is 12.5. The van der Waals surface area contributed by atoms with Crippen molar-refractivity contribution in [3.05, 3.63) is 33.9 Å². The van der Waals surface area contributed by atoms with Gasteiger partial charge in [-0.25, -0.2) is 0 Å². The molecule has 0 unspecified atom stereocenters. The largest absolute Gasteiger partial charge is 0.456 e. The molecule has 23 heavy (non-hydrogen) atoms. The first-order valence-corrected chi connectivity index (χ1v) is 8.31. The minimum absolute atomic E-state index is 0.0833. The second-order valence-corrected chi connectivity index (χ2v) is 6.77. The lowest BCUT2D eigenvalue weighted by atomic mass is 9.90. The van der Waals surface area contributed by atoms with Gasteiger partial charge in [-0.05, 0) is 45.7 Å². The molecular weight excluding hydrogens is 296 g/mol. The van der Waals surface area contributed by atoms with E-state index in [0.29, 0.717) is 38.2 Å². The van der Waals surface area contributed by atoms with E-state index >= 15 is 0 Å². The maximum Gasteiger partial charge on any atom is 0.289 e. The average molecular weight is 320 g/mol. The van der Waals surface area contributed by atoms with Crippen LogP contribution in [0.4, 0.5) is 0 Å². The minimum atomic E-state index is -0.714. The predicted octanol–water partition coefficient (Wildman–Crippen LogP) is 1.01. The number of carbonyl (C=O) groups excluding carboxylic acids is 1. The van der Waals surface area contributed by atoms with Crippen molar-refractivity contribution >= 4 is 5.91 Å². The van der Waals surface area contributed by atoms with Crippen molar-refractivity contribution in [2.45, 2.75) is 38.2 Å². The van der Waals surface area contributed by atoms with Crippen LogP contribution in [-0.2, 0) is 0 Å². The van der Waals surface area contributed by atoms with Gasteiger partial charge in [-0.1, -0.05) is 0 Å². The van der Waals surface area contributed by atoms with Gasteiger partial charge in [0.25, 0.3) is 5.91 Å². The Labute approximate surface area is 135 Å². The number of aliphatic hydroxyl groups is 1. The topological polar surface area (TPSA) is 74.0 Å². The molecule has 0 saturated carbocycles. The zero-order valence-electron chi connectivity index (χ0n) is 13.6. The summed E-state index contributed by atoms with van der Waals surface area (Å²) in [5, 5.41) is 10.7. The third kappa shape index (κ3) is 3.82. The van der Waals surface area contributed by atoms with E-state index in [9.17, 15) is 14.7 Å². The third-order valence-electron chi connectivity index (χ3n) is 4.80. The molecule has 0 atom stereocenters. The van der Waals surface area contributed by atoms with E-state index in [1.807, 2.05) is 0 Å². The van der Waals surface area contributed by atoms with E-state index in [-0.39, 0.29) is 17.1 Å². The van der Waals surface area contributed by atoms with Crippen LogP contribution < -0.4 is 5.43 Å². The Kier molecular flexibility index (Phi) is 4.55. The van der Waals surface area contributed by atoms with Gasteiger partial charge in [-0.2, -0.15) is 0 Å². The summed E-state index contributed by atoms with van der Waals surface area (Å²) in [5.74, 6) is 0.248. The standard InChI is InChI=1S/C17H24N2O4/c1-13-10-14(20)11-15(23-13)16(21)19-8-4-17(22,5-9-19)12-18-6-2-3-7-18/h10-11,22H,2-9,12H2,1H3. The normalized spacial score (nSPS) is 21.6. The second kappa shape index (κ2) is 6.45. The fourth-order valence-electron chi connectivity index (χ4n) is 3.51. The summed E-state index contributed by atoms with van der Waals surface area (Å²) in [7, 11) is 0. The van der Waals surface area contributed by atoms with Crippen LogP contribution in [0.3, 0.4) is 0 Å². The van der Waals surface area contributed by atoms with Gasteiger partial charge >= 0.3 is 0 Å². The van der Waals surface area contributed by atoms with Crippen LogP contribution in [0.1, 0.15) is 42.0 Å². The van der Waals surface area contributed by atoms with Gasteiger partial charge in [-0.3, -0.25) is 9.59 Å². The van der Waals surface area contributed by atoms with E-state index in [1.165, 1.54) is 25.0 Å². The van der Waals surface area contributed by atoms with Crippen LogP contribution >= 0.6 is 0 Å². The number of rotatable bonds is 3. The molecule has 6 heteroatoms. The average Bonchev–Trinajstić information content (AvgIpc) is 2.98. The first-order chi connectivity index (χ1) is 11.0. The number of piperidine rings is 1. The van der Waals surface area contributed by atoms with Crippen molar-refractivity contribution in [3.63, 3.8) is 0 Å². The molecule has 1 amide bonds. The smallest absolute Gasteiger partial charge is 0.289 e. The number of hydrogen-bond acceptors (Lipinski definition) is 5. The number of likely N-dealkylation sites (tertiary alicyclic amines) is 2. The summed E-state index contributed by atoms with van der Waals surface area (Å²) < 4.78 is 5.37. The first-order valence-electron chi connectivity index (χ1n) is 8.31. The van der Waals surface area contributed by atoms with Crippen LogP contribution in [0.15, 0.2) is 21.3 Å². The highest BCUT2D eigenvalue weighted by Crippen LogP contribution is 2.26. The molecule has 1 aromatic heterocycles. The molecule has 1 aromatic rings. The molecule has 0 spiro atoms. The van der Waals surface area contributed by atoms with E-state index < -0.39 is 5.60 Å². The van der Waals surface area contributed by atoms with Crippen LogP contribution in [0.5, 0.6) is 0 Å². The van der Waals surface area contributed by atoms with E-state index in [2.05, 4.69) is 4.90 Å². The fraction of sp³-hybridized carbons (Fsp3) is 0.647. The summed E-state index contributed by atoms with van der Waals surface area (Å²) in [4.78, 5) is 27.9. The van der Waals surface area contributed by atoms with Crippen molar-refractivity contribution in [3.8, 4) is 0 Å². The number of hydrogen-bond donors (Lipinski definition) is 1. The molecule has 6 nitrogen and oxygen atoms in total. The Morgan fingerprint density at radius 1 is 1.22 bits per heavy atom. The summed E-state index contributed by atoms with van der Waals surface area (Å²) in [6.45, 7) is 5.43. The molecule has 0 aromatic carbocycles. The van der Waals surface area contributed by atoms with Crippen molar-refractivity contribution in [2.75, 3.05) is 32.7 Å². The summed E-state index contributed by atoms with van der Waals surface area (Å²) in [6, 6.07) is 2.60. The van der Waals surface area contributed by atoms with Crippen molar-refractivity contribution < 1.29 is 14.3 Å². The van der Waals surface area contributed by atoms with Gasteiger partial charge in [0.2, 0.25) is 0 Å². The van der Waals surface area contributed by atoms with Crippen LogP contribution in [-0.4, -0.2) is 59.1 Å². The number of nitrogens with zero attached hydrogens (tertiary/aromatic N) is 2. The highest BCUT2D eigenvalue weighted by Gasteiger charge is 2.36. The molecule has 0 radical (unpaired) electrons.